The highest BCUT2D eigenvalue weighted by atomic mass is 79.9. The van der Waals surface area contributed by atoms with Crippen LogP contribution in [0.2, 0.25) is 10.0 Å². The van der Waals surface area contributed by atoms with E-state index < -0.39 is 0 Å². The summed E-state index contributed by atoms with van der Waals surface area (Å²) in [4.78, 5) is 2.29. The first-order chi connectivity index (χ1) is 7.61. The van der Waals surface area contributed by atoms with Crippen molar-refractivity contribution in [2.24, 2.45) is 0 Å². The summed E-state index contributed by atoms with van der Waals surface area (Å²) >= 11 is 15.8. The van der Waals surface area contributed by atoms with Gasteiger partial charge < -0.3 is 10.2 Å². The average molecular weight is 324 g/mol. The highest BCUT2D eigenvalue weighted by Crippen LogP contribution is 2.38. The summed E-state index contributed by atoms with van der Waals surface area (Å²) < 4.78 is 0.839. The highest BCUT2D eigenvalue weighted by Gasteiger charge is 2.21. The number of nitrogens with zero attached hydrogens (tertiary/aromatic N) is 1. The van der Waals surface area contributed by atoms with Crippen LogP contribution in [0.3, 0.4) is 0 Å². The molecule has 0 aliphatic carbocycles. The third-order valence-electron chi connectivity index (χ3n) is 2.83. The first kappa shape index (κ1) is 12.5. The molecule has 0 spiro atoms. The van der Waals surface area contributed by atoms with Crippen LogP contribution in [-0.4, -0.2) is 25.7 Å². The van der Waals surface area contributed by atoms with Crippen LogP contribution in [0.15, 0.2) is 16.6 Å². The molecule has 2 nitrogen and oxygen atoms in total. The van der Waals surface area contributed by atoms with Gasteiger partial charge in [0, 0.05) is 30.1 Å². The monoisotopic (exact) mass is 322 g/mol. The quantitative estimate of drug-likeness (QED) is 0.795. The summed E-state index contributed by atoms with van der Waals surface area (Å²) in [6, 6.07) is 4.39. The Kier molecular flexibility index (Phi) is 4.01. The van der Waals surface area contributed by atoms with Crippen molar-refractivity contribution in [2.45, 2.75) is 13.0 Å². The molecule has 0 bridgehead atoms. The second-order valence-electron chi connectivity index (χ2n) is 3.94. The second kappa shape index (κ2) is 5.13. The Bertz CT molecular complexity index is 398. The van der Waals surface area contributed by atoms with Gasteiger partial charge in [0.05, 0.1) is 15.7 Å². The van der Waals surface area contributed by atoms with E-state index in [0.29, 0.717) is 16.1 Å². The van der Waals surface area contributed by atoms with Crippen molar-refractivity contribution in [1.82, 2.24) is 5.32 Å². The molecule has 1 N–H and O–H groups in total. The summed E-state index contributed by atoms with van der Waals surface area (Å²) in [6.45, 7) is 5.09. The molecule has 1 aliphatic rings. The lowest BCUT2D eigenvalue weighted by Crippen LogP contribution is -2.50. The smallest absolute Gasteiger partial charge is 0.0837 e. The lowest BCUT2D eigenvalue weighted by Gasteiger charge is -2.36. The van der Waals surface area contributed by atoms with E-state index in [1.54, 1.807) is 0 Å². The summed E-state index contributed by atoms with van der Waals surface area (Å²) in [7, 11) is 0. The molecule has 0 aromatic heterocycles. The third-order valence-corrected chi connectivity index (χ3v) is 4.59. The number of anilines is 1. The van der Waals surface area contributed by atoms with Crippen LogP contribution >= 0.6 is 39.1 Å². The molecule has 1 saturated heterocycles. The van der Waals surface area contributed by atoms with Crippen LogP contribution < -0.4 is 10.2 Å². The van der Waals surface area contributed by atoms with Crippen LogP contribution in [-0.2, 0) is 0 Å². The Balaban J connectivity index is 2.36. The molecule has 1 aliphatic heterocycles. The summed E-state index contributed by atoms with van der Waals surface area (Å²) in [6.07, 6.45) is 0. The van der Waals surface area contributed by atoms with Crippen LogP contribution in [0.1, 0.15) is 6.92 Å². The molecule has 0 amide bonds. The van der Waals surface area contributed by atoms with Gasteiger partial charge in [-0.1, -0.05) is 23.2 Å². The van der Waals surface area contributed by atoms with Crippen molar-refractivity contribution in [3.63, 3.8) is 0 Å². The molecule has 0 radical (unpaired) electrons. The molecule has 0 saturated carbocycles. The van der Waals surface area contributed by atoms with Crippen molar-refractivity contribution in [3.05, 3.63) is 26.7 Å². The summed E-state index contributed by atoms with van der Waals surface area (Å²) in [5.41, 5.74) is 1.02. The van der Waals surface area contributed by atoms with Crippen molar-refractivity contribution < 1.29 is 0 Å². The van der Waals surface area contributed by atoms with Gasteiger partial charge in [0.1, 0.15) is 0 Å². The van der Waals surface area contributed by atoms with E-state index in [0.717, 1.165) is 29.8 Å². The minimum absolute atomic E-state index is 0.434. The van der Waals surface area contributed by atoms with E-state index in [9.17, 15) is 0 Å². The van der Waals surface area contributed by atoms with Gasteiger partial charge in [0.2, 0.25) is 0 Å². The normalized spacial score (nSPS) is 21.2. The summed E-state index contributed by atoms with van der Waals surface area (Å²) in [5, 5.41) is 4.57. The lowest BCUT2D eigenvalue weighted by atomic mass is 10.2. The largest absolute Gasteiger partial charge is 0.365 e. The van der Waals surface area contributed by atoms with Gasteiger partial charge in [0.15, 0.2) is 0 Å². The van der Waals surface area contributed by atoms with E-state index in [4.69, 9.17) is 23.2 Å². The molecular formula is C11H13BrCl2N2. The van der Waals surface area contributed by atoms with Gasteiger partial charge >= 0.3 is 0 Å². The fourth-order valence-corrected chi connectivity index (χ4v) is 2.81. The standard InChI is InChI=1S/C11H13BrCl2N2/c1-7-6-15-4-5-16(7)9-3-2-8(12)10(13)11(9)14/h2-3,7,15H,4-6H2,1H3. The SMILES string of the molecule is CC1CNCCN1c1ccc(Br)c(Cl)c1Cl. The maximum Gasteiger partial charge on any atom is 0.0837 e. The minimum Gasteiger partial charge on any atom is -0.365 e. The molecule has 1 fully saturated rings. The minimum atomic E-state index is 0.434. The number of piperazine rings is 1. The van der Waals surface area contributed by atoms with Gasteiger partial charge in [-0.15, -0.1) is 0 Å². The number of hydrogen-bond donors (Lipinski definition) is 1. The molecule has 88 valence electrons. The van der Waals surface area contributed by atoms with E-state index >= 15 is 0 Å². The Morgan fingerprint density at radius 1 is 1.38 bits per heavy atom. The second-order valence-corrected chi connectivity index (χ2v) is 5.55. The predicted molar refractivity (Wildman–Crippen MR) is 73.8 cm³/mol. The first-order valence-electron chi connectivity index (χ1n) is 5.22. The number of benzene rings is 1. The number of rotatable bonds is 1. The van der Waals surface area contributed by atoms with Gasteiger partial charge in [0.25, 0.3) is 0 Å². The van der Waals surface area contributed by atoms with E-state index in [1.165, 1.54) is 0 Å². The zero-order valence-electron chi connectivity index (χ0n) is 8.93. The van der Waals surface area contributed by atoms with Gasteiger partial charge in [-0.3, -0.25) is 0 Å². The van der Waals surface area contributed by atoms with Crippen LogP contribution in [0.4, 0.5) is 5.69 Å². The maximum atomic E-state index is 6.27. The number of hydrogen-bond acceptors (Lipinski definition) is 2. The molecule has 5 heteroatoms. The Morgan fingerprint density at radius 2 is 2.12 bits per heavy atom. The zero-order valence-corrected chi connectivity index (χ0v) is 12.0. The van der Waals surface area contributed by atoms with Crippen molar-refractivity contribution in [2.75, 3.05) is 24.5 Å². The number of nitrogens with one attached hydrogen (secondary N) is 1. The van der Waals surface area contributed by atoms with Crippen LogP contribution in [0.5, 0.6) is 0 Å². The Hall–Kier alpha value is 0.0400. The molecule has 2 rings (SSSR count). The third kappa shape index (κ3) is 2.33. The average Bonchev–Trinajstić information content (AvgIpc) is 2.28. The predicted octanol–water partition coefficient (Wildman–Crippen LogP) is 3.55. The molecular weight excluding hydrogens is 311 g/mol. The fourth-order valence-electron chi connectivity index (χ4n) is 1.94. The lowest BCUT2D eigenvalue weighted by molar-refractivity contribution is 0.501. The summed E-state index contributed by atoms with van der Waals surface area (Å²) in [5.74, 6) is 0. The van der Waals surface area contributed by atoms with Crippen LogP contribution in [0.25, 0.3) is 0 Å². The van der Waals surface area contributed by atoms with Gasteiger partial charge in [-0.25, -0.2) is 0 Å². The molecule has 1 unspecified atom stereocenters. The molecule has 1 aromatic rings. The van der Waals surface area contributed by atoms with Crippen molar-refractivity contribution in [1.29, 1.82) is 0 Å². The van der Waals surface area contributed by atoms with E-state index in [1.807, 2.05) is 12.1 Å². The van der Waals surface area contributed by atoms with Crippen LogP contribution in [0, 0.1) is 0 Å². The number of halogens is 3. The van der Waals surface area contributed by atoms with E-state index in [2.05, 4.69) is 33.1 Å². The Labute approximate surface area is 114 Å². The molecule has 1 atom stereocenters. The molecule has 1 aromatic carbocycles. The zero-order chi connectivity index (χ0) is 11.7. The fraction of sp³-hybridized carbons (Fsp3) is 0.455. The van der Waals surface area contributed by atoms with E-state index in [-0.39, 0.29) is 0 Å². The first-order valence-corrected chi connectivity index (χ1v) is 6.77. The maximum absolute atomic E-state index is 6.27. The Morgan fingerprint density at radius 3 is 2.81 bits per heavy atom. The van der Waals surface area contributed by atoms with Crippen molar-refractivity contribution in [3.8, 4) is 0 Å². The van der Waals surface area contributed by atoms with Crippen molar-refractivity contribution >= 4 is 44.8 Å². The van der Waals surface area contributed by atoms with Gasteiger partial charge in [-0.05, 0) is 35.0 Å². The van der Waals surface area contributed by atoms with Gasteiger partial charge in [-0.2, -0.15) is 0 Å². The highest BCUT2D eigenvalue weighted by molar-refractivity contribution is 9.10. The molecule has 1 heterocycles. The molecule has 16 heavy (non-hydrogen) atoms. The topological polar surface area (TPSA) is 15.3 Å².